The zero-order chi connectivity index (χ0) is 24.4. The van der Waals surface area contributed by atoms with Crippen LogP contribution in [0, 0.1) is 5.82 Å². The van der Waals surface area contributed by atoms with E-state index in [-0.39, 0.29) is 11.8 Å². The van der Waals surface area contributed by atoms with E-state index in [1.165, 1.54) is 13.1 Å². The van der Waals surface area contributed by atoms with Gasteiger partial charge in [-0.1, -0.05) is 12.1 Å². The van der Waals surface area contributed by atoms with Crippen LogP contribution in [0.3, 0.4) is 0 Å². The van der Waals surface area contributed by atoms with Crippen LogP contribution in [0.1, 0.15) is 17.3 Å². The lowest BCUT2D eigenvalue weighted by atomic mass is 9.99. The standard InChI is InChI=1S/C26H21FN6O2/c1-15(34)29-9-10-30-26(35)17-6-4-16(5-7-17)23-20(27)13-32-25-24(23)19-11-21(31-14-22(19)33-25)18-3-2-8-28-12-18/h2-8,11-14H,9-10H2,1H3,(H,29,34)(H,30,35)(H,32,33). The van der Waals surface area contributed by atoms with Crippen molar-refractivity contribution in [3.63, 3.8) is 0 Å². The lowest BCUT2D eigenvalue weighted by Gasteiger charge is -2.09. The Bertz CT molecular complexity index is 1550. The van der Waals surface area contributed by atoms with E-state index in [4.69, 9.17) is 0 Å². The summed E-state index contributed by atoms with van der Waals surface area (Å²) in [4.78, 5) is 39.4. The maximum atomic E-state index is 15.1. The van der Waals surface area contributed by atoms with E-state index in [2.05, 4.69) is 30.6 Å². The molecule has 0 bridgehead atoms. The second kappa shape index (κ2) is 9.30. The first kappa shape index (κ1) is 22.1. The molecule has 8 nitrogen and oxygen atoms in total. The SMILES string of the molecule is CC(=O)NCCNC(=O)c1ccc(-c2c(F)cnc3[nH]c4cnc(-c5cccnc5)cc4c23)cc1. The molecule has 4 aromatic heterocycles. The molecule has 35 heavy (non-hydrogen) atoms. The predicted octanol–water partition coefficient (Wildman–Crippen LogP) is 3.85. The summed E-state index contributed by atoms with van der Waals surface area (Å²) in [7, 11) is 0. The fourth-order valence-corrected chi connectivity index (χ4v) is 3.99. The Balaban J connectivity index is 1.51. The van der Waals surface area contributed by atoms with Crippen molar-refractivity contribution in [2.24, 2.45) is 0 Å². The Hall–Kier alpha value is -4.66. The van der Waals surface area contributed by atoms with Gasteiger partial charge in [0.05, 0.1) is 23.6 Å². The van der Waals surface area contributed by atoms with Crippen molar-refractivity contribution in [1.29, 1.82) is 0 Å². The lowest BCUT2D eigenvalue weighted by molar-refractivity contribution is -0.118. The van der Waals surface area contributed by atoms with E-state index in [1.54, 1.807) is 42.9 Å². The predicted molar refractivity (Wildman–Crippen MR) is 131 cm³/mol. The summed E-state index contributed by atoms with van der Waals surface area (Å²) in [5.41, 5.74) is 4.29. The van der Waals surface area contributed by atoms with Gasteiger partial charge in [-0.05, 0) is 35.9 Å². The van der Waals surface area contributed by atoms with Crippen LogP contribution in [-0.4, -0.2) is 44.8 Å². The molecule has 174 valence electrons. The molecule has 5 rings (SSSR count). The number of nitrogens with one attached hydrogen (secondary N) is 3. The fourth-order valence-electron chi connectivity index (χ4n) is 3.99. The van der Waals surface area contributed by atoms with Gasteiger partial charge in [0.2, 0.25) is 5.91 Å². The third-order valence-electron chi connectivity index (χ3n) is 5.64. The van der Waals surface area contributed by atoms with E-state index in [9.17, 15) is 9.59 Å². The molecule has 0 spiro atoms. The van der Waals surface area contributed by atoms with Gasteiger partial charge in [0, 0.05) is 59.9 Å². The molecule has 3 N–H and O–H groups in total. The summed E-state index contributed by atoms with van der Waals surface area (Å²) < 4.78 is 15.1. The molecule has 0 aliphatic carbocycles. The Labute approximate surface area is 199 Å². The molecule has 0 aliphatic heterocycles. The van der Waals surface area contributed by atoms with E-state index in [1.807, 2.05) is 18.2 Å². The van der Waals surface area contributed by atoms with Gasteiger partial charge < -0.3 is 15.6 Å². The van der Waals surface area contributed by atoms with Gasteiger partial charge >= 0.3 is 0 Å². The number of H-pyrrole nitrogens is 1. The minimum absolute atomic E-state index is 0.157. The first-order valence-corrected chi connectivity index (χ1v) is 11.0. The molecule has 0 radical (unpaired) electrons. The minimum Gasteiger partial charge on any atom is -0.355 e. The van der Waals surface area contributed by atoms with Gasteiger partial charge in [0.25, 0.3) is 5.91 Å². The summed E-state index contributed by atoms with van der Waals surface area (Å²) in [5, 5.41) is 6.79. The number of amides is 2. The Morgan fingerprint density at radius 3 is 2.51 bits per heavy atom. The van der Waals surface area contributed by atoms with Gasteiger partial charge in [-0.2, -0.15) is 0 Å². The second-order valence-corrected chi connectivity index (χ2v) is 8.00. The van der Waals surface area contributed by atoms with E-state index in [0.717, 1.165) is 16.5 Å². The summed E-state index contributed by atoms with van der Waals surface area (Å²) >= 11 is 0. The maximum Gasteiger partial charge on any atom is 0.251 e. The van der Waals surface area contributed by atoms with Gasteiger partial charge in [0.1, 0.15) is 11.5 Å². The van der Waals surface area contributed by atoms with Crippen LogP contribution in [0.15, 0.2) is 67.3 Å². The number of halogens is 1. The third-order valence-corrected chi connectivity index (χ3v) is 5.64. The van der Waals surface area contributed by atoms with Crippen LogP contribution in [-0.2, 0) is 4.79 Å². The van der Waals surface area contributed by atoms with Crippen molar-refractivity contribution in [3.8, 4) is 22.4 Å². The first-order chi connectivity index (χ1) is 17.0. The molecule has 2 amide bonds. The molecule has 5 aromatic rings. The number of benzene rings is 1. The molecule has 0 saturated heterocycles. The van der Waals surface area contributed by atoms with E-state index in [0.29, 0.717) is 46.5 Å². The third kappa shape index (κ3) is 4.43. The number of nitrogens with zero attached hydrogens (tertiary/aromatic N) is 3. The molecule has 0 fully saturated rings. The number of carbonyl (C=O) groups excluding carboxylic acids is 2. The molecular weight excluding hydrogens is 447 g/mol. The van der Waals surface area contributed by atoms with Crippen molar-refractivity contribution in [2.75, 3.05) is 13.1 Å². The molecular formula is C26H21FN6O2. The summed E-state index contributed by atoms with van der Waals surface area (Å²) in [5.74, 6) is -0.901. The van der Waals surface area contributed by atoms with Crippen LogP contribution in [0.5, 0.6) is 0 Å². The molecule has 0 atom stereocenters. The van der Waals surface area contributed by atoms with Crippen molar-refractivity contribution in [2.45, 2.75) is 6.92 Å². The number of pyridine rings is 3. The molecule has 0 aliphatic rings. The number of carbonyl (C=O) groups is 2. The number of aromatic nitrogens is 4. The molecule has 4 heterocycles. The van der Waals surface area contributed by atoms with Gasteiger partial charge in [0.15, 0.2) is 0 Å². The van der Waals surface area contributed by atoms with E-state index < -0.39 is 5.82 Å². The minimum atomic E-state index is -0.467. The molecule has 0 unspecified atom stereocenters. The molecule has 1 aromatic carbocycles. The van der Waals surface area contributed by atoms with Gasteiger partial charge in [-0.15, -0.1) is 0 Å². The van der Waals surface area contributed by atoms with Crippen LogP contribution >= 0.6 is 0 Å². The molecule has 0 saturated carbocycles. The van der Waals surface area contributed by atoms with Crippen molar-refractivity contribution in [1.82, 2.24) is 30.6 Å². The summed E-state index contributed by atoms with van der Waals surface area (Å²) in [6.45, 7) is 2.07. The normalized spacial score (nSPS) is 11.0. The highest BCUT2D eigenvalue weighted by Gasteiger charge is 2.18. The average Bonchev–Trinajstić information content (AvgIpc) is 3.25. The Morgan fingerprint density at radius 2 is 1.77 bits per heavy atom. The smallest absolute Gasteiger partial charge is 0.251 e. The summed E-state index contributed by atoms with van der Waals surface area (Å²) in [6.07, 6.45) is 6.31. The maximum absolute atomic E-state index is 15.1. The first-order valence-electron chi connectivity index (χ1n) is 11.0. The zero-order valence-corrected chi connectivity index (χ0v) is 18.8. The lowest BCUT2D eigenvalue weighted by Crippen LogP contribution is -2.33. The number of fused-ring (bicyclic) bond motifs is 3. The largest absolute Gasteiger partial charge is 0.355 e. The quantitative estimate of drug-likeness (QED) is 0.328. The van der Waals surface area contributed by atoms with Crippen LogP contribution < -0.4 is 10.6 Å². The Morgan fingerprint density at radius 1 is 0.971 bits per heavy atom. The second-order valence-electron chi connectivity index (χ2n) is 8.00. The van der Waals surface area contributed by atoms with Crippen molar-refractivity contribution < 1.29 is 14.0 Å². The number of hydrogen-bond donors (Lipinski definition) is 3. The number of rotatable bonds is 6. The summed E-state index contributed by atoms with van der Waals surface area (Å²) in [6, 6.07) is 12.4. The topological polar surface area (TPSA) is 113 Å². The highest BCUT2D eigenvalue weighted by molar-refractivity contribution is 6.13. The van der Waals surface area contributed by atoms with E-state index >= 15 is 4.39 Å². The van der Waals surface area contributed by atoms with Crippen molar-refractivity contribution in [3.05, 3.63) is 78.6 Å². The van der Waals surface area contributed by atoms with Gasteiger partial charge in [-0.3, -0.25) is 19.6 Å². The zero-order valence-electron chi connectivity index (χ0n) is 18.8. The Kier molecular flexibility index (Phi) is 5.88. The van der Waals surface area contributed by atoms with Gasteiger partial charge in [-0.25, -0.2) is 9.37 Å². The highest BCUT2D eigenvalue weighted by atomic mass is 19.1. The highest BCUT2D eigenvalue weighted by Crippen LogP contribution is 2.36. The number of hydrogen-bond acceptors (Lipinski definition) is 5. The number of aromatic amines is 1. The van der Waals surface area contributed by atoms with Crippen LogP contribution in [0.25, 0.3) is 44.3 Å². The average molecular weight is 468 g/mol. The molecule has 9 heteroatoms. The van der Waals surface area contributed by atoms with Crippen LogP contribution in [0.2, 0.25) is 0 Å². The van der Waals surface area contributed by atoms with Crippen molar-refractivity contribution >= 4 is 33.8 Å². The monoisotopic (exact) mass is 468 g/mol. The van der Waals surface area contributed by atoms with Crippen LogP contribution in [0.4, 0.5) is 4.39 Å². The fraction of sp³-hybridized carbons (Fsp3) is 0.115.